The molecule has 1 aromatic heterocycles. The summed E-state index contributed by atoms with van der Waals surface area (Å²) >= 11 is 0. The first-order valence-corrected chi connectivity index (χ1v) is 9.06. The lowest BCUT2D eigenvalue weighted by molar-refractivity contribution is -0.118. The molecule has 7 nitrogen and oxygen atoms in total. The number of fused-ring (bicyclic) bond motifs is 1. The van der Waals surface area contributed by atoms with E-state index in [-0.39, 0.29) is 17.5 Å². The Morgan fingerprint density at radius 1 is 0.964 bits per heavy atom. The number of rotatable bonds is 5. The minimum atomic E-state index is -0.815. The largest absolute Gasteiger partial charge is 0.497 e. The lowest BCUT2D eigenvalue weighted by atomic mass is 10.2. The van der Waals surface area contributed by atoms with Crippen molar-refractivity contribution in [1.82, 2.24) is 9.13 Å². The summed E-state index contributed by atoms with van der Waals surface area (Å²) in [5, 5.41) is 3.21. The molecule has 146 valence electrons. The van der Waals surface area contributed by atoms with E-state index in [1.165, 1.54) is 9.13 Å². The summed E-state index contributed by atoms with van der Waals surface area (Å²) in [6.07, 6.45) is 0. The van der Waals surface area contributed by atoms with Crippen molar-refractivity contribution >= 4 is 22.5 Å². The van der Waals surface area contributed by atoms with Gasteiger partial charge in [-0.15, -0.1) is 0 Å². The number of carbonyl (C=O) groups is 1. The van der Waals surface area contributed by atoms with Gasteiger partial charge in [0.25, 0.3) is 5.56 Å². The molecule has 0 radical (unpaired) electrons. The van der Waals surface area contributed by atoms with Gasteiger partial charge in [-0.05, 0) is 57.2 Å². The Kier molecular flexibility index (Phi) is 5.35. The molecule has 1 heterocycles. The highest BCUT2D eigenvalue weighted by molar-refractivity contribution is 5.94. The van der Waals surface area contributed by atoms with Gasteiger partial charge in [-0.3, -0.25) is 18.7 Å². The van der Waals surface area contributed by atoms with E-state index in [4.69, 9.17) is 4.74 Å². The van der Waals surface area contributed by atoms with Crippen LogP contribution in [0.15, 0.2) is 58.1 Å². The summed E-state index contributed by atoms with van der Waals surface area (Å²) in [5.74, 6) is 0.323. The number of amides is 1. The number of aromatic nitrogens is 2. The molecule has 1 atom stereocenters. The van der Waals surface area contributed by atoms with E-state index in [9.17, 15) is 14.4 Å². The third-order valence-corrected chi connectivity index (χ3v) is 4.67. The minimum Gasteiger partial charge on any atom is -0.497 e. The molecule has 0 aliphatic heterocycles. The first-order chi connectivity index (χ1) is 13.3. The highest BCUT2D eigenvalue weighted by atomic mass is 16.5. The van der Waals surface area contributed by atoms with E-state index in [0.717, 1.165) is 0 Å². The number of para-hydroxylation sites is 1. The smallest absolute Gasteiger partial charge is 0.332 e. The van der Waals surface area contributed by atoms with Crippen molar-refractivity contribution in [2.24, 2.45) is 0 Å². The SMILES string of the molecule is COc1ccc(NC(=O)[C@H](C)n2c(=O)n(C(C)C)c(=O)c3ccccc32)cc1. The summed E-state index contributed by atoms with van der Waals surface area (Å²) in [4.78, 5) is 38.6. The number of benzene rings is 2. The van der Waals surface area contributed by atoms with Gasteiger partial charge in [0.15, 0.2) is 0 Å². The van der Waals surface area contributed by atoms with Crippen molar-refractivity contribution in [3.8, 4) is 5.75 Å². The first-order valence-electron chi connectivity index (χ1n) is 9.06. The maximum absolute atomic E-state index is 13.1. The summed E-state index contributed by atoms with van der Waals surface area (Å²) < 4.78 is 7.66. The summed E-state index contributed by atoms with van der Waals surface area (Å²) in [5.41, 5.74) is 0.171. The molecule has 0 aliphatic carbocycles. The van der Waals surface area contributed by atoms with Gasteiger partial charge < -0.3 is 10.1 Å². The standard InChI is InChI=1S/C21H23N3O4/c1-13(2)23-20(26)17-7-5-6-8-18(17)24(21(23)27)14(3)19(25)22-15-9-11-16(28-4)12-10-15/h5-14H,1-4H3,(H,22,25)/t14-/m0/s1. The highest BCUT2D eigenvalue weighted by Crippen LogP contribution is 2.18. The van der Waals surface area contributed by atoms with Crippen molar-refractivity contribution in [3.63, 3.8) is 0 Å². The third-order valence-electron chi connectivity index (χ3n) is 4.67. The molecule has 28 heavy (non-hydrogen) atoms. The van der Waals surface area contributed by atoms with Crippen LogP contribution in [0.2, 0.25) is 0 Å². The maximum Gasteiger partial charge on any atom is 0.332 e. The highest BCUT2D eigenvalue weighted by Gasteiger charge is 2.23. The Labute approximate surface area is 162 Å². The number of carbonyl (C=O) groups excluding carboxylic acids is 1. The topological polar surface area (TPSA) is 82.3 Å². The molecule has 0 bridgehead atoms. The number of nitrogens with zero attached hydrogens (tertiary/aromatic N) is 2. The van der Waals surface area contributed by atoms with E-state index in [1.54, 1.807) is 76.4 Å². The van der Waals surface area contributed by atoms with E-state index >= 15 is 0 Å². The lowest BCUT2D eigenvalue weighted by Gasteiger charge is -2.20. The molecule has 0 fully saturated rings. The zero-order chi connectivity index (χ0) is 20.4. The Hall–Kier alpha value is -3.35. The number of hydrogen-bond donors (Lipinski definition) is 1. The molecule has 1 amide bonds. The second kappa shape index (κ2) is 7.72. The van der Waals surface area contributed by atoms with E-state index in [0.29, 0.717) is 22.3 Å². The molecular formula is C21H23N3O4. The fraction of sp³-hybridized carbons (Fsp3) is 0.286. The van der Waals surface area contributed by atoms with Gasteiger partial charge in [0.2, 0.25) is 5.91 Å². The molecule has 3 aromatic rings. The Bertz CT molecular complexity index is 1130. The monoisotopic (exact) mass is 381 g/mol. The maximum atomic E-state index is 13.1. The number of anilines is 1. The van der Waals surface area contributed by atoms with Gasteiger partial charge in [-0.1, -0.05) is 12.1 Å². The molecule has 1 N–H and O–H groups in total. The van der Waals surface area contributed by atoms with Crippen LogP contribution in [0.5, 0.6) is 5.75 Å². The Balaban J connectivity index is 2.07. The van der Waals surface area contributed by atoms with Crippen molar-refractivity contribution in [2.75, 3.05) is 12.4 Å². The summed E-state index contributed by atoms with van der Waals surface area (Å²) in [7, 11) is 1.57. The third kappa shape index (κ3) is 3.43. The molecule has 0 saturated heterocycles. The van der Waals surface area contributed by atoms with E-state index < -0.39 is 11.7 Å². The second-order valence-corrected chi connectivity index (χ2v) is 6.83. The van der Waals surface area contributed by atoms with Crippen molar-refractivity contribution in [2.45, 2.75) is 32.9 Å². The molecule has 0 aliphatic rings. The molecule has 0 unspecified atom stereocenters. The zero-order valence-corrected chi connectivity index (χ0v) is 16.3. The van der Waals surface area contributed by atoms with E-state index in [1.807, 2.05) is 0 Å². The van der Waals surface area contributed by atoms with Gasteiger partial charge in [0.1, 0.15) is 11.8 Å². The predicted molar refractivity (Wildman–Crippen MR) is 109 cm³/mol. The number of methoxy groups -OCH3 is 1. The van der Waals surface area contributed by atoms with Crippen LogP contribution in [-0.4, -0.2) is 22.2 Å². The van der Waals surface area contributed by atoms with Crippen LogP contribution in [0, 0.1) is 0 Å². The van der Waals surface area contributed by atoms with Crippen LogP contribution in [0.3, 0.4) is 0 Å². The number of nitrogens with one attached hydrogen (secondary N) is 1. The molecule has 3 rings (SSSR count). The average molecular weight is 381 g/mol. The fourth-order valence-corrected chi connectivity index (χ4v) is 3.17. The van der Waals surface area contributed by atoms with E-state index in [2.05, 4.69) is 5.32 Å². The second-order valence-electron chi connectivity index (χ2n) is 6.83. The van der Waals surface area contributed by atoms with Crippen LogP contribution < -0.4 is 21.3 Å². The first kappa shape index (κ1) is 19.4. The number of hydrogen-bond acceptors (Lipinski definition) is 4. The average Bonchev–Trinajstić information content (AvgIpc) is 2.68. The van der Waals surface area contributed by atoms with Crippen LogP contribution in [0.1, 0.15) is 32.9 Å². The quantitative estimate of drug-likeness (QED) is 0.737. The molecular weight excluding hydrogens is 358 g/mol. The van der Waals surface area contributed by atoms with Crippen LogP contribution in [-0.2, 0) is 4.79 Å². The zero-order valence-electron chi connectivity index (χ0n) is 16.3. The molecule has 2 aromatic carbocycles. The normalized spacial score (nSPS) is 12.2. The Morgan fingerprint density at radius 3 is 2.21 bits per heavy atom. The van der Waals surface area contributed by atoms with Gasteiger partial charge >= 0.3 is 5.69 Å². The Morgan fingerprint density at radius 2 is 1.61 bits per heavy atom. The minimum absolute atomic E-state index is 0.326. The van der Waals surface area contributed by atoms with Crippen molar-refractivity contribution < 1.29 is 9.53 Å². The van der Waals surface area contributed by atoms with Crippen molar-refractivity contribution in [1.29, 1.82) is 0 Å². The van der Waals surface area contributed by atoms with Crippen LogP contribution >= 0.6 is 0 Å². The molecule has 0 saturated carbocycles. The summed E-state index contributed by atoms with van der Waals surface area (Å²) in [6, 6.07) is 12.6. The van der Waals surface area contributed by atoms with Gasteiger partial charge in [-0.25, -0.2) is 4.79 Å². The van der Waals surface area contributed by atoms with Crippen molar-refractivity contribution in [3.05, 3.63) is 69.4 Å². The summed E-state index contributed by atoms with van der Waals surface area (Å²) in [6.45, 7) is 5.18. The molecule has 7 heteroatoms. The van der Waals surface area contributed by atoms with Gasteiger partial charge in [-0.2, -0.15) is 0 Å². The lowest BCUT2D eigenvalue weighted by Crippen LogP contribution is -2.44. The van der Waals surface area contributed by atoms with Crippen LogP contribution in [0.4, 0.5) is 5.69 Å². The number of ether oxygens (including phenoxy) is 1. The van der Waals surface area contributed by atoms with Gasteiger partial charge in [0.05, 0.1) is 18.0 Å². The predicted octanol–water partition coefficient (Wildman–Crippen LogP) is 2.95. The molecule has 0 spiro atoms. The van der Waals surface area contributed by atoms with Crippen LogP contribution in [0.25, 0.3) is 10.9 Å². The fourth-order valence-electron chi connectivity index (χ4n) is 3.17. The van der Waals surface area contributed by atoms with Gasteiger partial charge in [0, 0.05) is 11.7 Å².